The van der Waals surface area contributed by atoms with E-state index in [4.69, 9.17) is 12.2 Å². The molecule has 94 valence electrons. The highest BCUT2D eigenvalue weighted by atomic mass is 32.2. The molecule has 0 saturated heterocycles. The minimum Gasteiger partial charge on any atom is -0.357 e. The molecule has 5 heteroatoms. The zero-order valence-electron chi connectivity index (χ0n) is 10.5. The Hall–Kier alpha value is -0.780. The summed E-state index contributed by atoms with van der Waals surface area (Å²) in [5, 5.41) is 7.12. The van der Waals surface area contributed by atoms with Gasteiger partial charge in [0, 0.05) is 4.90 Å². The number of hydrogen-bond donors (Lipinski definition) is 3. The van der Waals surface area contributed by atoms with Gasteiger partial charge in [0.2, 0.25) is 0 Å². The van der Waals surface area contributed by atoms with Crippen molar-refractivity contribution in [1.29, 1.82) is 0 Å². The van der Waals surface area contributed by atoms with Gasteiger partial charge < -0.3 is 15.5 Å². The van der Waals surface area contributed by atoms with E-state index >= 15 is 0 Å². The van der Waals surface area contributed by atoms with Crippen molar-refractivity contribution in [2.24, 2.45) is 0 Å². The van der Waals surface area contributed by atoms with Crippen LogP contribution in [-0.4, -0.2) is 38.6 Å². The Morgan fingerprint density at radius 2 is 2.06 bits per heavy atom. The number of thiocarbonyl (C=S) groups is 1. The summed E-state index contributed by atoms with van der Waals surface area (Å²) in [7, 11) is 4.25. The molecule has 3 nitrogen and oxygen atoms in total. The first-order valence-corrected chi connectivity index (χ1v) is 7.23. The molecule has 0 aromatic heterocycles. The normalized spacial score (nSPS) is 10.4. The first kappa shape index (κ1) is 14.3. The second-order valence-electron chi connectivity index (χ2n) is 4.04. The number of hydrogen-bond acceptors (Lipinski definition) is 2. The maximum absolute atomic E-state index is 5.25. The Kier molecular flexibility index (Phi) is 6.32. The van der Waals surface area contributed by atoms with Crippen molar-refractivity contribution in [3.05, 3.63) is 24.3 Å². The lowest BCUT2D eigenvalue weighted by atomic mass is 10.3. The Morgan fingerprint density at radius 1 is 1.35 bits per heavy atom. The molecule has 0 aliphatic heterocycles. The van der Waals surface area contributed by atoms with Crippen LogP contribution in [0.1, 0.15) is 0 Å². The average Bonchev–Trinajstić information content (AvgIpc) is 2.29. The number of nitrogens with one attached hydrogen (secondary N) is 3. The number of benzene rings is 1. The van der Waals surface area contributed by atoms with Crippen molar-refractivity contribution in [3.8, 4) is 0 Å². The lowest BCUT2D eigenvalue weighted by Gasteiger charge is -2.13. The number of likely N-dealkylation sites (N-methyl/N-ethyl adjacent to an activating group) is 1. The third kappa shape index (κ3) is 5.39. The first-order valence-electron chi connectivity index (χ1n) is 5.60. The topological polar surface area (TPSA) is 28.5 Å². The van der Waals surface area contributed by atoms with Gasteiger partial charge in [-0.05, 0) is 30.6 Å². The number of thioether (sulfide) groups is 1. The summed E-state index contributed by atoms with van der Waals surface area (Å²) in [5.41, 5.74) is 1.06. The van der Waals surface area contributed by atoms with Gasteiger partial charge in [-0.1, -0.05) is 12.1 Å². The summed E-state index contributed by atoms with van der Waals surface area (Å²) >= 11 is 6.97. The second kappa shape index (κ2) is 7.53. The number of rotatable bonds is 5. The Morgan fingerprint density at radius 3 is 2.71 bits per heavy atom. The largest absolute Gasteiger partial charge is 0.357 e. The fourth-order valence-corrected chi connectivity index (χ4v) is 2.11. The van der Waals surface area contributed by atoms with Gasteiger partial charge in [0.25, 0.3) is 0 Å². The quantitative estimate of drug-likeness (QED) is 0.546. The summed E-state index contributed by atoms with van der Waals surface area (Å²) < 4.78 is 0. The molecule has 0 aliphatic rings. The van der Waals surface area contributed by atoms with Crippen molar-refractivity contribution in [3.63, 3.8) is 0 Å². The molecule has 1 aromatic carbocycles. The van der Waals surface area contributed by atoms with E-state index in [0.29, 0.717) is 5.11 Å². The number of para-hydroxylation sites is 1. The summed E-state index contributed by atoms with van der Waals surface area (Å²) in [6.45, 7) is 1.93. The first-order chi connectivity index (χ1) is 8.13. The van der Waals surface area contributed by atoms with Crippen LogP contribution in [0.5, 0.6) is 0 Å². The molecule has 1 aromatic rings. The highest BCUT2D eigenvalue weighted by Crippen LogP contribution is 2.24. The molecule has 3 N–H and O–H groups in total. The summed E-state index contributed by atoms with van der Waals surface area (Å²) in [5.74, 6) is 0. The van der Waals surface area contributed by atoms with E-state index < -0.39 is 0 Å². The minimum absolute atomic E-state index is 0.688. The van der Waals surface area contributed by atoms with Gasteiger partial charge in [-0.3, -0.25) is 0 Å². The molecule has 0 amide bonds. The van der Waals surface area contributed by atoms with Crippen molar-refractivity contribution in [1.82, 2.24) is 5.32 Å². The van der Waals surface area contributed by atoms with E-state index in [1.165, 1.54) is 9.80 Å². The lowest BCUT2D eigenvalue weighted by Crippen LogP contribution is -3.06. The van der Waals surface area contributed by atoms with Gasteiger partial charge in [-0.2, -0.15) is 0 Å². The van der Waals surface area contributed by atoms with Crippen LogP contribution in [0.2, 0.25) is 0 Å². The van der Waals surface area contributed by atoms with Crippen LogP contribution in [0.4, 0.5) is 5.69 Å². The SMILES string of the molecule is CSc1ccccc1NC(=S)NCC[NH+](C)C. The number of anilines is 1. The lowest BCUT2D eigenvalue weighted by molar-refractivity contribution is -0.856. The van der Waals surface area contributed by atoms with Crippen LogP contribution in [0, 0.1) is 0 Å². The molecule has 0 radical (unpaired) electrons. The monoisotopic (exact) mass is 270 g/mol. The molecular formula is C12H20N3S2+. The number of quaternary nitrogens is 1. The summed E-state index contributed by atoms with van der Waals surface area (Å²) in [6, 6.07) is 8.16. The smallest absolute Gasteiger partial charge is 0.171 e. The van der Waals surface area contributed by atoms with Crippen LogP contribution >= 0.6 is 24.0 Å². The van der Waals surface area contributed by atoms with Gasteiger partial charge in [-0.15, -0.1) is 11.8 Å². The highest BCUT2D eigenvalue weighted by molar-refractivity contribution is 7.98. The summed E-state index contributed by atoms with van der Waals surface area (Å²) in [4.78, 5) is 2.61. The third-order valence-corrected chi connectivity index (χ3v) is 3.31. The van der Waals surface area contributed by atoms with E-state index in [1.807, 2.05) is 18.2 Å². The Labute approximate surface area is 113 Å². The molecule has 0 saturated carbocycles. The predicted molar refractivity (Wildman–Crippen MR) is 80.1 cm³/mol. The van der Waals surface area contributed by atoms with E-state index in [1.54, 1.807) is 11.8 Å². The van der Waals surface area contributed by atoms with Crippen molar-refractivity contribution < 1.29 is 4.90 Å². The Balaban J connectivity index is 2.45. The molecule has 0 atom stereocenters. The van der Waals surface area contributed by atoms with Gasteiger partial charge in [0.05, 0.1) is 32.9 Å². The fraction of sp³-hybridized carbons (Fsp3) is 0.417. The molecule has 0 spiro atoms. The van der Waals surface area contributed by atoms with Crippen LogP contribution in [0.3, 0.4) is 0 Å². The highest BCUT2D eigenvalue weighted by Gasteiger charge is 2.02. The Bertz CT molecular complexity index is 367. The molecule has 17 heavy (non-hydrogen) atoms. The van der Waals surface area contributed by atoms with E-state index in [2.05, 4.69) is 37.1 Å². The zero-order valence-corrected chi connectivity index (χ0v) is 12.2. The van der Waals surface area contributed by atoms with Crippen LogP contribution in [0.25, 0.3) is 0 Å². The molecule has 0 fully saturated rings. The van der Waals surface area contributed by atoms with Gasteiger partial charge in [-0.25, -0.2) is 0 Å². The van der Waals surface area contributed by atoms with Crippen molar-refractivity contribution in [2.75, 3.05) is 38.8 Å². The van der Waals surface area contributed by atoms with Crippen LogP contribution in [0.15, 0.2) is 29.2 Å². The molecule has 1 rings (SSSR count). The van der Waals surface area contributed by atoms with Gasteiger partial charge in [0.15, 0.2) is 5.11 Å². The van der Waals surface area contributed by atoms with E-state index in [0.717, 1.165) is 18.8 Å². The molecule has 0 unspecified atom stereocenters. The summed E-state index contributed by atoms with van der Waals surface area (Å²) in [6.07, 6.45) is 2.06. The van der Waals surface area contributed by atoms with Crippen molar-refractivity contribution >= 4 is 34.8 Å². The maximum Gasteiger partial charge on any atom is 0.171 e. The molecule has 0 heterocycles. The fourth-order valence-electron chi connectivity index (χ4n) is 1.34. The van der Waals surface area contributed by atoms with Crippen molar-refractivity contribution in [2.45, 2.75) is 4.90 Å². The van der Waals surface area contributed by atoms with E-state index in [-0.39, 0.29) is 0 Å². The van der Waals surface area contributed by atoms with E-state index in [9.17, 15) is 0 Å². The molecule has 0 aliphatic carbocycles. The average molecular weight is 270 g/mol. The minimum atomic E-state index is 0.688. The third-order valence-electron chi connectivity index (χ3n) is 2.27. The zero-order chi connectivity index (χ0) is 12.7. The predicted octanol–water partition coefficient (Wildman–Crippen LogP) is 0.839. The molecular weight excluding hydrogens is 250 g/mol. The standard InChI is InChI=1S/C12H19N3S2/c1-15(2)9-8-13-12(16)14-10-6-4-5-7-11(10)17-3/h4-7H,8-9H2,1-3H3,(H2,13,14,16)/p+1. The molecule has 0 bridgehead atoms. The van der Waals surface area contributed by atoms with Crippen LogP contribution in [-0.2, 0) is 0 Å². The second-order valence-corrected chi connectivity index (χ2v) is 5.29. The van der Waals surface area contributed by atoms with Gasteiger partial charge >= 0.3 is 0 Å². The maximum atomic E-state index is 5.25. The van der Waals surface area contributed by atoms with Gasteiger partial charge in [0.1, 0.15) is 0 Å². The van der Waals surface area contributed by atoms with Crippen LogP contribution < -0.4 is 15.5 Å².